The molecule has 1 unspecified atom stereocenters. The molecule has 1 aliphatic rings. The second kappa shape index (κ2) is 8.80. The van der Waals surface area contributed by atoms with E-state index in [1.807, 2.05) is 19.0 Å². The van der Waals surface area contributed by atoms with Crippen LogP contribution < -0.4 is 16.0 Å². The molecule has 2 rings (SSSR count). The van der Waals surface area contributed by atoms with Crippen LogP contribution >= 0.6 is 0 Å². The van der Waals surface area contributed by atoms with Gasteiger partial charge >= 0.3 is 11.8 Å². The number of nitrogens with one attached hydrogen (secondary N) is 3. The zero-order valence-corrected chi connectivity index (χ0v) is 15.9. The molecule has 3 N–H and O–H groups in total. The molecular formula is C19H28N4O3. The average Bonchev–Trinajstić information content (AvgIpc) is 2.53. The van der Waals surface area contributed by atoms with Crippen LogP contribution in [0.25, 0.3) is 0 Å². The molecule has 0 saturated heterocycles. The zero-order valence-electron chi connectivity index (χ0n) is 15.9. The number of benzene rings is 1. The lowest BCUT2D eigenvalue weighted by atomic mass is 10.0. The van der Waals surface area contributed by atoms with Crippen molar-refractivity contribution in [3.63, 3.8) is 0 Å². The molecule has 0 radical (unpaired) electrons. The Balaban J connectivity index is 1.97. The third-order valence-electron chi connectivity index (χ3n) is 4.14. The van der Waals surface area contributed by atoms with Gasteiger partial charge in [0.2, 0.25) is 5.91 Å². The Morgan fingerprint density at radius 2 is 1.92 bits per heavy atom. The second-order valence-electron chi connectivity index (χ2n) is 7.44. The summed E-state index contributed by atoms with van der Waals surface area (Å²) in [6, 6.07) is 5.14. The molecule has 1 aliphatic heterocycles. The minimum Gasteiger partial charge on any atom is -0.344 e. The molecule has 7 heteroatoms. The number of aryl methyl sites for hydroxylation is 1. The van der Waals surface area contributed by atoms with Crippen molar-refractivity contribution in [3.05, 3.63) is 23.8 Å². The molecule has 7 nitrogen and oxygen atoms in total. The Morgan fingerprint density at radius 1 is 1.19 bits per heavy atom. The average molecular weight is 360 g/mol. The molecule has 142 valence electrons. The number of rotatable bonds is 6. The van der Waals surface area contributed by atoms with Gasteiger partial charge in [0.05, 0.1) is 0 Å². The maximum absolute atomic E-state index is 12.3. The Bertz CT molecular complexity index is 675. The van der Waals surface area contributed by atoms with Gasteiger partial charge in [-0.3, -0.25) is 14.4 Å². The van der Waals surface area contributed by atoms with Gasteiger partial charge in [-0.15, -0.1) is 0 Å². The third-order valence-corrected chi connectivity index (χ3v) is 4.14. The van der Waals surface area contributed by atoms with E-state index in [2.05, 4.69) is 29.8 Å². The summed E-state index contributed by atoms with van der Waals surface area (Å²) < 4.78 is 0. The van der Waals surface area contributed by atoms with E-state index in [0.717, 1.165) is 17.7 Å². The monoisotopic (exact) mass is 360 g/mol. The van der Waals surface area contributed by atoms with Crippen molar-refractivity contribution in [1.82, 2.24) is 10.2 Å². The highest BCUT2D eigenvalue weighted by Gasteiger charge is 2.21. The summed E-state index contributed by atoms with van der Waals surface area (Å²) in [6.07, 6.45) is 1.85. The fraction of sp³-hybridized carbons (Fsp3) is 0.526. The van der Waals surface area contributed by atoms with Crippen molar-refractivity contribution in [2.24, 2.45) is 5.92 Å². The van der Waals surface area contributed by atoms with Gasteiger partial charge in [0.15, 0.2) is 0 Å². The van der Waals surface area contributed by atoms with Gasteiger partial charge in [-0.1, -0.05) is 13.8 Å². The van der Waals surface area contributed by atoms with Gasteiger partial charge in [-0.05, 0) is 56.6 Å². The van der Waals surface area contributed by atoms with E-state index >= 15 is 0 Å². The normalized spacial score (nSPS) is 14.6. The highest BCUT2D eigenvalue weighted by Crippen LogP contribution is 2.25. The van der Waals surface area contributed by atoms with E-state index in [4.69, 9.17) is 0 Å². The van der Waals surface area contributed by atoms with Gasteiger partial charge in [-0.25, -0.2) is 0 Å². The molecule has 26 heavy (non-hydrogen) atoms. The molecule has 0 spiro atoms. The molecule has 1 heterocycles. The lowest BCUT2D eigenvalue weighted by Crippen LogP contribution is -2.46. The van der Waals surface area contributed by atoms with Crippen LogP contribution in [-0.2, 0) is 20.8 Å². The molecule has 0 aromatic heterocycles. The van der Waals surface area contributed by atoms with Crippen molar-refractivity contribution in [3.8, 4) is 0 Å². The molecule has 1 atom stereocenters. The predicted octanol–water partition coefficient (Wildman–Crippen LogP) is 1.60. The van der Waals surface area contributed by atoms with Crippen LogP contribution in [-0.4, -0.2) is 49.3 Å². The van der Waals surface area contributed by atoms with Gasteiger partial charge in [0.1, 0.15) is 0 Å². The number of likely N-dealkylation sites (N-methyl/N-ethyl adjacent to an activating group) is 1. The van der Waals surface area contributed by atoms with Crippen molar-refractivity contribution < 1.29 is 14.4 Å². The molecule has 1 aromatic rings. The van der Waals surface area contributed by atoms with Crippen LogP contribution in [0.3, 0.4) is 0 Å². The number of nitrogens with zero attached hydrogens (tertiary/aromatic N) is 1. The summed E-state index contributed by atoms with van der Waals surface area (Å²) in [5.41, 5.74) is 2.26. The first-order valence-electron chi connectivity index (χ1n) is 8.94. The van der Waals surface area contributed by atoms with E-state index in [-0.39, 0.29) is 11.9 Å². The molecule has 0 bridgehead atoms. The van der Waals surface area contributed by atoms with E-state index in [9.17, 15) is 14.4 Å². The van der Waals surface area contributed by atoms with E-state index in [1.165, 1.54) is 0 Å². The standard InChI is InChI=1S/C19H28N4O3/c1-12(2)9-15(11-23(3)4)21-19(26)18(25)20-14-6-7-16-13(10-14)5-8-17(24)22-16/h6-7,10,12,15H,5,8-9,11H2,1-4H3,(H,20,25)(H,21,26)(H,22,24). The summed E-state index contributed by atoms with van der Waals surface area (Å²) in [5.74, 6) is -0.911. The van der Waals surface area contributed by atoms with E-state index in [1.54, 1.807) is 18.2 Å². The molecule has 0 aliphatic carbocycles. The quantitative estimate of drug-likeness (QED) is 0.672. The lowest BCUT2D eigenvalue weighted by Gasteiger charge is -2.23. The first-order valence-corrected chi connectivity index (χ1v) is 8.94. The van der Waals surface area contributed by atoms with E-state index in [0.29, 0.717) is 31.0 Å². The molecule has 0 fully saturated rings. The second-order valence-corrected chi connectivity index (χ2v) is 7.44. The minimum absolute atomic E-state index is 0.00856. The van der Waals surface area contributed by atoms with Gasteiger partial charge in [0, 0.05) is 30.4 Å². The molecule has 0 saturated carbocycles. The number of hydrogen-bond donors (Lipinski definition) is 3. The highest BCUT2D eigenvalue weighted by atomic mass is 16.2. The van der Waals surface area contributed by atoms with Crippen LogP contribution in [0.15, 0.2) is 18.2 Å². The predicted molar refractivity (Wildman–Crippen MR) is 102 cm³/mol. The Morgan fingerprint density at radius 3 is 2.58 bits per heavy atom. The SMILES string of the molecule is CC(C)CC(CN(C)C)NC(=O)C(=O)Nc1ccc2c(c1)CCC(=O)N2. The summed E-state index contributed by atoms with van der Waals surface area (Å²) in [7, 11) is 3.87. The fourth-order valence-electron chi connectivity index (χ4n) is 3.09. The van der Waals surface area contributed by atoms with Crippen molar-refractivity contribution in [1.29, 1.82) is 0 Å². The summed E-state index contributed by atoms with van der Waals surface area (Å²) in [4.78, 5) is 37.9. The zero-order chi connectivity index (χ0) is 19.3. The Hall–Kier alpha value is -2.41. The van der Waals surface area contributed by atoms with Crippen LogP contribution in [0.5, 0.6) is 0 Å². The lowest BCUT2D eigenvalue weighted by molar-refractivity contribution is -0.136. The molecule has 1 aromatic carbocycles. The number of amides is 3. The number of anilines is 2. The molecule has 3 amide bonds. The van der Waals surface area contributed by atoms with Crippen molar-refractivity contribution in [2.45, 2.75) is 39.2 Å². The van der Waals surface area contributed by atoms with Crippen LogP contribution in [0.4, 0.5) is 11.4 Å². The first kappa shape index (κ1) is 19.9. The van der Waals surface area contributed by atoms with Gasteiger partial charge in [0.25, 0.3) is 0 Å². The highest BCUT2D eigenvalue weighted by molar-refractivity contribution is 6.39. The number of hydrogen-bond acceptors (Lipinski definition) is 4. The third kappa shape index (κ3) is 5.84. The van der Waals surface area contributed by atoms with Crippen LogP contribution in [0, 0.1) is 5.92 Å². The summed E-state index contributed by atoms with van der Waals surface area (Å²) >= 11 is 0. The van der Waals surface area contributed by atoms with Gasteiger partial charge in [-0.2, -0.15) is 0 Å². The van der Waals surface area contributed by atoms with Crippen LogP contribution in [0.2, 0.25) is 0 Å². The van der Waals surface area contributed by atoms with Crippen LogP contribution in [0.1, 0.15) is 32.3 Å². The maximum Gasteiger partial charge on any atom is 0.313 e. The topological polar surface area (TPSA) is 90.5 Å². The summed E-state index contributed by atoms with van der Waals surface area (Å²) in [6.45, 7) is 4.84. The number of carbonyl (C=O) groups excluding carboxylic acids is 3. The smallest absolute Gasteiger partial charge is 0.313 e. The molecular weight excluding hydrogens is 332 g/mol. The van der Waals surface area contributed by atoms with Crippen molar-refractivity contribution in [2.75, 3.05) is 31.3 Å². The number of carbonyl (C=O) groups is 3. The maximum atomic E-state index is 12.3. The van der Waals surface area contributed by atoms with Gasteiger partial charge < -0.3 is 20.9 Å². The van der Waals surface area contributed by atoms with E-state index < -0.39 is 11.8 Å². The fourth-order valence-corrected chi connectivity index (χ4v) is 3.09. The Kier molecular flexibility index (Phi) is 6.74. The number of fused-ring (bicyclic) bond motifs is 1. The summed E-state index contributed by atoms with van der Waals surface area (Å²) in [5, 5.41) is 8.25. The largest absolute Gasteiger partial charge is 0.344 e. The van der Waals surface area contributed by atoms with Crippen molar-refractivity contribution >= 4 is 29.1 Å². The first-order chi connectivity index (χ1) is 12.2. The Labute approximate surface area is 154 Å². The minimum atomic E-state index is -0.683.